The van der Waals surface area contributed by atoms with Crippen LogP contribution in [-0.4, -0.2) is 32.2 Å². The number of carboxylic acids is 1. The Labute approximate surface area is 206 Å². The number of hydrogen-bond donors (Lipinski definition) is 3. The first kappa shape index (κ1) is 26.6. The van der Waals surface area contributed by atoms with E-state index >= 15 is 0 Å². The van der Waals surface area contributed by atoms with Crippen molar-refractivity contribution in [3.8, 4) is 5.75 Å². The van der Waals surface area contributed by atoms with Crippen LogP contribution in [0.1, 0.15) is 63.0 Å². The van der Waals surface area contributed by atoms with E-state index in [9.17, 15) is 18.3 Å². The van der Waals surface area contributed by atoms with Crippen LogP contribution >= 0.6 is 22.4 Å². The van der Waals surface area contributed by atoms with Gasteiger partial charge >= 0.3 is 5.97 Å². The summed E-state index contributed by atoms with van der Waals surface area (Å²) in [4.78, 5) is 11.9. The second-order valence-corrected chi connectivity index (χ2v) is 11.8. The zero-order valence-corrected chi connectivity index (χ0v) is 21.4. The summed E-state index contributed by atoms with van der Waals surface area (Å²) in [6.45, 7) is 4.25. The highest BCUT2D eigenvalue weighted by Crippen LogP contribution is 2.63. The number of aliphatic carboxylic acids is 1. The average Bonchev–Trinajstić information content (AvgIpc) is 2.93. The van der Waals surface area contributed by atoms with Crippen LogP contribution in [0.2, 0.25) is 0 Å². The molecule has 8 heteroatoms. The molecule has 0 saturated heterocycles. The lowest BCUT2D eigenvalue weighted by atomic mass is 9.71. The predicted octanol–water partition coefficient (Wildman–Crippen LogP) is 7.91. The highest BCUT2D eigenvalue weighted by molar-refractivity contribution is 8.24. The third-order valence-electron chi connectivity index (χ3n) is 6.67. The van der Waals surface area contributed by atoms with E-state index in [1.807, 2.05) is 30.5 Å². The molecule has 2 aromatic rings. The lowest BCUT2D eigenvalue weighted by Crippen LogP contribution is -2.28. The number of benzene rings is 2. The van der Waals surface area contributed by atoms with Crippen molar-refractivity contribution in [2.24, 2.45) is 5.41 Å². The van der Waals surface area contributed by atoms with Crippen LogP contribution in [0.4, 0.5) is 4.39 Å². The van der Waals surface area contributed by atoms with E-state index in [-0.39, 0.29) is 22.8 Å². The minimum Gasteiger partial charge on any atom is -0.476 e. The lowest BCUT2D eigenvalue weighted by Gasteiger charge is -2.41. The van der Waals surface area contributed by atoms with Crippen LogP contribution in [0, 0.1) is 5.41 Å². The molecule has 0 aliphatic carbocycles. The number of ether oxygens (including phenoxy) is 1. The summed E-state index contributed by atoms with van der Waals surface area (Å²) in [5.74, 6) is -2.75. The van der Waals surface area contributed by atoms with E-state index < -0.39 is 22.4 Å². The normalized spacial score (nSPS) is 23.0. The van der Waals surface area contributed by atoms with Gasteiger partial charge in [0.15, 0.2) is 0 Å². The molecular formula is C26H33FO5S2. The van der Waals surface area contributed by atoms with Crippen LogP contribution in [0.15, 0.2) is 64.3 Å². The molecule has 2 atom stereocenters. The van der Waals surface area contributed by atoms with Gasteiger partial charge in [-0.05, 0) is 48.1 Å². The maximum Gasteiger partial charge on any atom is 0.368 e. The fraction of sp³-hybridized carbons (Fsp3) is 0.423. The lowest BCUT2D eigenvalue weighted by molar-refractivity contribution is -0.134. The molecule has 1 aliphatic rings. The van der Waals surface area contributed by atoms with Crippen LogP contribution in [0.5, 0.6) is 5.75 Å². The number of carboxylic acid groups (broad SMARTS) is 1. The zero-order valence-electron chi connectivity index (χ0n) is 19.8. The van der Waals surface area contributed by atoms with Gasteiger partial charge in [-0.1, -0.05) is 57.0 Å². The second kappa shape index (κ2) is 11.2. The Morgan fingerprint density at radius 2 is 1.97 bits per heavy atom. The summed E-state index contributed by atoms with van der Waals surface area (Å²) >= 11 is 1.37. The van der Waals surface area contributed by atoms with E-state index in [2.05, 4.69) is 26.0 Å². The van der Waals surface area contributed by atoms with Gasteiger partial charge in [-0.2, -0.15) is 15.0 Å². The van der Waals surface area contributed by atoms with Crippen molar-refractivity contribution >= 4 is 28.3 Å². The third-order valence-corrected chi connectivity index (χ3v) is 9.51. The smallest absolute Gasteiger partial charge is 0.368 e. The quantitative estimate of drug-likeness (QED) is 0.181. The standard InChI is InChI=1S/C26H33FO5S2/c1-4-6-12-26(5-2)15-20(18-10-8-7-9-11-18)19-13-23(33-3)22(32-16-21(27)25(28)29)14-24(19)34(30,31)17-26/h7-11,13-14,16,20,30-31H,4-6,12,15,17H2,1-3H3,(H,28,29)/b21-16-. The van der Waals surface area contributed by atoms with Crippen molar-refractivity contribution in [1.29, 1.82) is 0 Å². The van der Waals surface area contributed by atoms with Crippen LogP contribution in [0.25, 0.3) is 0 Å². The summed E-state index contributed by atoms with van der Waals surface area (Å²) in [5.41, 5.74) is 1.69. The molecule has 0 bridgehead atoms. The molecule has 5 nitrogen and oxygen atoms in total. The molecule has 0 saturated carbocycles. The number of halogens is 1. The van der Waals surface area contributed by atoms with E-state index in [0.29, 0.717) is 16.1 Å². The van der Waals surface area contributed by atoms with E-state index in [1.165, 1.54) is 11.8 Å². The second-order valence-electron chi connectivity index (χ2n) is 8.87. The molecule has 3 N–H and O–H groups in total. The SMILES string of the molecule is CCCCC1(CC)CC(c2ccccc2)c2cc(SC)c(O/C=C(\F)C(=O)O)cc2S(O)(O)C1. The van der Waals surface area contributed by atoms with Gasteiger partial charge < -0.3 is 9.84 Å². The molecule has 1 heterocycles. The van der Waals surface area contributed by atoms with E-state index in [0.717, 1.165) is 43.2 Å². The Balaban J connectivity index is 2.21. The Morgan fingerprint density at radius 1 is 1.26 bits per heavy atom. The fourth-order valence-electron chi connectivity index (χ4n) is 4.77. The minimum absolute atomic E-state index is 0.0482. The number of hydrogen-bond acceptors (Lipinski definition) is 5. The van der Waals surface area contributed by atoms with Gasteiger partial charge in [0.25, 0.3) is 0 Å². The van der Waals surface area contributed by atoms with E-state index in [4.69, 9.17) is 9.84 Å². The number of rotatable bonds is 9. The molecule has 0 fully saturated rings. The van der Waals surface area contributed by atoms with Gasteiger partial charge in [-0.3, -0.25) is 9.11 Å². The summed E-state index contributed by atoms with van der Waals surface area (Å²) in [6.07, 6.45) is 6.93. The molecule has 186 valence electrons. The van der Waals surface area contributed by atoms with Gasteiger partial charge in [0.05, 0.1) is 9.79 Å². The molecule has 3 rings (SSSR count). The summed E-state index contributed by atoms with van der Waals surface area (Å²) in [6, 6.07) is 13.5. The first-order chi connectivity index (χ1) is 16.2. The predicted molar refractivity (Wildman–Crippen MR) is 137 cm³/mol. The van der Waals surface area contributed by atoms with Gasteiger partial charge in [0, 0.05) is 17.7 Å². The van der Waals surface area contributed by atoms with E-state index in [1.54, 1.807) is 6.07 Å². The Kier molecular flexibility index (Phi) is 8.73. The Bertz CT molecular complexity index is 1040. The Hall–Kier alpha value is -2.00. The van der Waals surface area contributed by atoms with Gasteiger partial charge in [-0.25, -0.2) is 4.79 Å². The fourth-order valence-corrected chi connectivity index (χ4v) is 7.67. The molecule has 1 aliphatic heterocycles. The van der Waals surface area contributed by atoms with Crippen LogP contribution < -0.4 is 4.74 Å². The molecule has 2 aromatic carbocycles. The van der Waals surface area contributed by atoms with Gasteiger partial charge in [0.1, 0.15) is 12.0 Å². The molecule has 2 unspecified atom stereocenters. The van der Waals surface area contributed by atoms with Crippen molar-refractivity contribution < 1.29 is 28.1 Å². The molecule has 0 radical (unpaired) electrons. The van der Waals surface area contributed by atoms with Crippen molar-refractivity contribution in [2.45, 2.75) is 61.7 Å². The third kappa shape index (κ3) is 5.79. The van der Waals surface area contributed by atoms with Gasteiger partial charge in [-0.15, -0.1) is 11.8 Å². The van der Waals surface area contributed by atoms with Crippen LogP contribution in [-0.2, 0) is 4.79 Å². The topological polar surface area (TPSA) is 87.0 Å². The van der Waals surface area contributed by atoms with Crippen molar-refractivity contribution in [3.63, 3.8) is 0 Å². The first-order valence-electron chi connectivity index (χ1n) is 11.4. The van der Waals surface area contributed by atoms with Crippen molar-refractivity contribution in [1.82, 2.24) is 0 Å². The number of fused-ring (bicyclic) bond motifs is 1. The largest absolute Gasteiger partial charge is 0.476 e. The highest BCUT2D eigenvalue weighted by Gasteiger charge is 2.42. The molecule has 0 amide bonds. The summed E-state index contributed by atoms with van der Waals surface area (Å²) in [5, 5.41) is 8.81. The number of unbranched alkanes of at least 4 members (excludes halogenated alkanes) is 1. The average molecular weight is 509 g/mol. The molecular weight excluding hydrogens is 475 g/mol. The first-order valence-corrected chi connectivity index (χ1v) is 14.4. The molecule has 34 heavy (non-hydrogen) atoms. The zero-order chi connectivity index (χ0) is 24.9. The highest BCUT2D eigenvalue weighted by atomic mass is 32.3. The number of carbonyl (C=O) groups is 1. The monoisotopic (exact) mass is 508 g/mol. The summed E-state index contributed by atoms with van der Waals surface area (Å²) in [7, 11) is -3.19. The number of thioether (sulfide) groups is 1. The van der Waals surface area contributed by atoms with Crippen LogP contribution in [0.3, 0.4) is 0 Å². The maximum absolute atomic E-state index is 13.6. The van der Waals surface area contributed by atoms with Crippen molar-refractivity contribution in [2.75, 3.05) is 12.0 Å². The van der Waals surface area contributed by atoms with Crippen molar-refractivity contribution in [3.05, 3.63) is 65.7 Å². The Morgan fingerprint density at radius 3 is 2.56 bits per heavy atom. The molecule has 0 aromatic heterocycles. The maximum atomic E-state index is 13.6. The summed E-state index contributed by atoms with van der Waals surface area (Å²) < 4.78 is 41.9. The van der Waals surface area contributed by atoms with Gasteiger partial charge in [0.2, 0.25) is 5.83 Å². The molecule has 0 spiro atoms. The minimum atomic E-state index is -3.19.